The second-order valence-corrected chi connectivity index (χ2v) is 3.22. The average Bonchev–Trinajstić information content (AvgIpc) is 2.26. The number of ether oxygens (including phenoxy) is 1. The molecule has 0 saturated carbocycles. The molecule has 0 N–H and O–H groups in total. The molecule has 1 unspecified atom stereocenters. The summed E-state index contributed by atoms with van der Waals surface area (Å²) in [5.74, 6) is -0.296. The van der Waals surface area contributed by atoms with E-state index in [2.05, 4.69) is 0 Å². The molecule has 2 heteroatoms. The zero-order valence-electron chi connectivity index (χ0n) is 8.57. The molecule has 0 saturated heterocycles. The Hall–Kier alpha value is -1.31. The Labute approximate surface area is 84.9 Å². The zero-order chi connectivity index (χ0) is 10.4. The quantitative estimate of drug-likeness (QED) is 0.684. The number of carbonyl (C=O) groups excluding carboxylic acids is 1. The Morgan fingerprint density at radius 3 is 2.64 bits per heavy atom. The van der Waals surface area contributed by atoms with Crippen molar-refractivity contribution in [2.45, 2.75) is 20.5 Å². The molecule has 0 aliphatic heterocycles. The minimum absolute atomic E-state index is 0.126. The minimum atomic E-state index is -0.170. The van der Waals surface area contributed by atoms with Crippen molar-refractivity contribution < 1.29 is 9.53 Å². The van der Waals surface area contributed by atoms with Crippen LogP contribution in [-0.4, -0.2) is 5.97 Å². The highest BCUT2D eigenvalue weighted by molar-refractivity contribution is 5.73. The van der Waals surface area contributed by atoms with Gasteiger partial charge in [0.1, 0.15) is 6.61 Å². The highest BCUT2D eigenvalue weighted by Crippen LogP contribution is 2.06. The van der Waals surface area contributed by atoms with Crippen LogP contribution < -0.4 is 0 Å². The molecule has 0 aromatic heterocycles. The predicted octanol–water partition coefficient (Wildman–Crippen LogP) is 2.59. The smallest absolute Gasteiger partial charge is 0.309 e. The van der Waals surface area contributed by atoms with E-state index in [-0.39, 0.29) is 11.9 Å². The summed E-state index contributed by atoms with van der Waals surface area (Å²) >= 11 is 0. The van der Waals surface area contributed by atoms with E-state index in [0.29, 0.717) is 6.61 Å². The van der Waals surface area contributed by atoms with Crippen LogP contribution in [-0.2, 0) is 16.1 Å². The molecule has 1 aromatic carbocycles. The van der Waals surface area contributed by atoms with Gasteiger partial charge in [0.25, 0.3) is 0 Å². The SMILES string of the molecule is C[CH]C(C)C(=O)OCc1ccccc1. The number of rotatable bonds is 4. The summed E-state index contributed by atoms with van der Waals surface area (Å²) in [5.41, 5.74) is 1.02. The minimum Gasteiger partial charge on any atom is -0.461 e. The Morgan fingerprint density at radius 1 is 1.43 bits per heavy atom. The maximum absolute atomic E-state index is 11.3. The summed E-state index contributed by atoms with van der Waals surface area (Å²) in [6.45, 7) is 4.04. The van der Waals surface area contributed by atoms with E-state index in [1.54, 1.807) is 0 Å². The summed E-state index contributed by atoms with van der Waals surface area (Å²) in [6, 6.07) is 9.67. The summed E-state index contributed by atoms with van der Waals surface area (Å²) < 4.78 is 5.11. The molecule has 1 atom stereocenters. The van der Waals surface area contributed by atoms with Crippen LogP contribution >= 0.6 is 0 Å². The van der Waals surface area contributed by atoms with Gasteiger partial charge < -0.3 is 4.74 Å². The fourth-order valence-electron chi connectivity index (χ4n) is 0.996. The Morgan fingerprint density at radius 2 is 2.07 bits per heavy atom. The zero-order valence-corrected chi connectivity index (χ0v) is 8.57. The van der Waals surface area contributed by atoms with Gasteiger partial charge in [-0.15, -0.1) is 0 Å². The van der Waals surface area contributed by atoms with Gasteiger partial charge in [-0.3, -0.25) is 4.79 Å². The first-order valence-corrected chi connectivity index (χ1v) is 4.74. The van der Waals surface area contributed by atoms with Crippen LogP contribution in [0, 0.1) is 12.3 Å². The Balaban J connectivity index is 2.38. The Bertz CT molecular complexity index is 280. The molecule has 0 fully saturated rings. The van der Waals surface area contributed by atoms with Gasteiger partial charge in [-0.2, -0.15) is 0 Å². The molecule has 0 spiro atoms. The predicted molar refractivity (Wildman–Crippen MR) is 55.4 cm³/mol. The van der Waals surface area contributed by atoms with Gasteiger partial charge >= 0.3 is 5.97 Å². The normalized spacial score (nSPS) is 12.1. The van der Waals surface area contributed by atoms with Crippen molar-refractivity contribution in [2.75, 3.05) is 0 Å². The molecule has 0 aliphatic carbocycles. The van der Waals surface area contributed by atoms with E-state index in [4.69, 9.17) is 4.74 Å². The van der Waals surface area contributed by atoms with Crippen LogP contribution in [0.2, 0.25) is 0 Å². The van der Waals surface area contributed by atoms with Gasteiger partial charge in [-0.05, 0) is 12.0 Å². The lowest BCUT2D eigenvalue weighted by atomic mass is 10.1. The van der Waals surface area contributed by atoms with Crippen molar-refractivity contribution >= 4 is 5.97 Å². The lowest BCUT2D eigenvalue weighted by molar-refractivity contribution is -0.148. The molecule has 2 nitrogen and oxygen atoms in total. The average molecular weight is 191 g/mol. The van der Waals surface area contributed by atoms with Gasteiger partial charge in [0.2, 0.25) is 0 Å². The maximum atomic E-state index is 11.3. The van der Waals surface area contributed by atoms with E-state index in [1.807, 2.05) is 50.6 Å². The van der Waals surface area contributed by atoms with Crippen molar-refractivity contribution in [3.05, 3.63) is 42.3 Å². The molecule has 75 valence electrons. The van der Waals surface area contributed by atoms with Crippen molar-refractivity contribution in [1.82, 2.24) is 0 Å². The van der Waals surface area contributed by atoms with Crippen molar-refractivity contribution in [3.63, 3.8) is 0 Å². The molecule has 1 rings (SSSR count). The van der Waals surface area contributed by atoms with Gasteiger partial charge in [0, 0.05) is 0 Å². The third-order valence-corrected chi connectivity index (χ3v) is 2.10. The first kappa shape index (κ1) is 10.8. The van der Waals surface area contributed by atoms with Crippen LogP contribution in [0.15, 0.2) is 30.3 Å². The van der Waals surface area contributed by atoms with Crippen molar-refractivity contribution in [3.8, 4) is 0 Å². The highest BCUT2D eigenvalue weighted by Gasteiger charge is 2.11. The molecular weight excluding hydrogens is 176 g/mol. The molecule has 14 heavy (non-hydrogen) atoms. The second-order valence-electron chi connectivity index (χ2n) is 3.22. The monoisotopic (exact) mass is 191 g/mol. The van der Waals surface area contributed by atoms with Crippen molar-refractivity contribution in [1.29, 1.82) is 0 Å². The summed E-state index contributed by atoms with van der Waals surface area (Å²) in [7, 11) is 0. The lowest BCUT2D eigenvalue weighted by Gasteiger charge is -2.08. The number of hydrogen-bond donors (Lipinski definition) is 0. The molecule has 0 bridgehead atoms. The topological polar surface area (TPSA) is 26.3 Å². The fourth-order valence-corrected chi connectivity index (χ4v) is 0.996. The number of esters is 1. The third-order valence-electron chi connectivity index (χ3n) is 2.10. The standard InChI is InChI=1S/C12H15O2/c1-3-10(2)12(13)14-9-11-7-5-4-6-8-11/h3-8,10H,9H2,1-2H3. The van der Waals surface area contributed by atoms with E-state index < -0.39 is 0 Å². The molecular formula is C12H15O2. The fraction of sp³-hybridized carbons (Fsp3) is 0.333. The molecule has 0 heterocycles. The van der Waals surface area contributed by atoms with Gasteiger partial charge in [0.15, 0.2) is 0 Å². The lowest BCUT2D eigenvalue weighted by Crippen LogP contribution is -2.14. The van der Waals surface area contributed by atoms with Crippen LogP contribution in [0.4, 0.5) is 0 Å². The van der Waals surface area contributed by atoms with E-state index in [9.17, 15) is 4.79 Å². The molecule has 0 amide bonds. The molecule has 1 radical (unpaired) electrons. The van der Waals surface area contributed by atoms with Gasteiger partial charge in [0.05, 0.1) is 5.92 Å². The van der Waals surface area contributed by atoms with Gasteiger partial charge in [-0.1, -0.05) is 44.2 Å². The summed E-state index contributed by atoms with van der Waals surface area (Å²) in [5, 5.41) is 0. The van der Waals surface area contributed by atoms with Crippen molar-refractivity contribution in [2.24, 2.45) is 5.92 Å². The molecule has 1 aromatic rings. The number of benzene rings is 1. The van der Waals surface area contributed by atoms with Crippen LogP contribution in [0.25, 0.3) is 0 Å². The van der Waals surface area contributed by atoms with E-state index >= 15 is 0 Å². The number of carbonyl (C=O) groups is 1. The second kappa shape index (κ2) is 5.43. The van der Waals surface area contributed by atoms with Gasteiger partial charge in [-0.25, -0.2) is 0 Å². The first-order valence-electron chi connectivity index (χ1n) is 4.74. The van der Waals surface area contributed by atoms with Crippen LogP contribution in [0.1, 0.15) is 19.4 Å². The van der Waals surface area contributed by atoms with E-state index in [0.717, 1.165) is 5.56 Å². The molecule has 0 aliphatic rings. The van der Waals surface area contributed by atoms with Crippen LogP contribution in [0.5, 0.6) is 0 Å². The third kappa shape index (κ3) is 3.21. The summed E-state index contributed by atoms with van der Waals surface area (Å²) in [6.07, 6.45) is 1.83. The first-order chi connectivity index (χ1) is 6.74. The van der Waals surface area contributed by atoms with E-state index in [1.165, 1.54) is 0 Å². The largest absolute Gasteiger partial charge is 0.461 e. The highest BCUT2D eigenvalue weighted by atomic mass is 16.5. The number of hydrogen-bond acceptors (Lipinski definition) is 2. The Kier molecular flexibility index (Phi) is 4.17. The maximum Gasteiger partial charge on any atom is 0.309 e. The summed E-state index contributed by atoms with van der Waals surface area (Å²) in [4.78, 5) is 11.3. The van der Waals surface area contributed by atoms with Crippen LogP contribution in [0.3, 0.4) is 0 Å².